The van der Waals surface area contributed by atoms with E-state index in [2.05, 4.69) is 0 Å². The van der Waals surface area contributed by atoms with Gasteiger partial charge in [0.15, 0.2) is 6.10 Å². The molecular weight excluding hydrogens is 498 g/mol. The van der Waals surface area contributed by atoms with Gasteiger partial charge in [-0.25, -0.2) is 9.69 Å². The van der Waals surface area contributed by atoms with Crippen molar-refractivity contribution in [3.8, 4) is 0 Å². The molecule has 1 atom stereocenters. The molecule has 1 aliphatic heterocycles. The van der Waals surface area contributed by atoms with E-state index < -0.39 is 23.9 Å². The van der Waals surface area contributed by atoms with E-state index in [1.807, 2.05) is 42.5 Å². The summed E-state index contributed by atoms with van der Waals surface area (Å²) in [6, 6.07) is 29.9. The maximum Gasteiger partial charge on any atom is 0.338 e. The molecule has 1 aliphatic rings. The van der Waals surface area contributed by atoms with Crippen LogP contribution in [0.1, 0.15) is 54.8 Å². The molecule has 38 heavy (non-hydrogen) atoms. The van der Waals surface area contributed by atoms with E-state index in [1.165, 1.54) is 18.2 Å². The number of nitrogens with zero attached hydrogens (tertiary/aromatic N) is 1. The number of carbonyl (C=O) groups excluding carboxylic acids is 4. The summed E-state index contributed by atoms with van der Waals surface area (Å²) in [6.45, 7) is 1.76. The lowest BCUT2D eigenvalue weighted by Gasteiger charge is -2.15. The monoisotopic (exact) mass is 521 g/mol. The molecule has 4 aromatic carbocycles. The predicted octanol–water partition coefficient (Wildman–Crippen LogP) is 6.46. The van der Waals surface area contributed by atoms with E-state index in [9.17, 15) is 19.2 Å². The van der Waals surface area contributed by atoms with Gasteiger partial charge in [0.1, 0.15) is 0 Å². The van der Waals surface area contributed by atoms with Gasteiger partial charge >= 0.3 is 5.97 Å². The Hall–Kier alpha value is -4.49. The second-order valence-electron chi connectivity index (χ2n) is 8.65. The average molecular weight is 522 g/mol. The minimum atomic E-state index is -0.959. The molecule has 4 aromatic rings. The smallest absolute Gasteiger partial charge is 0.338 e. The molecule has 1 unspecified atom stereocenters. The van der Waals surface area contributed by atoms with E-state index >= 15 is 0 Å². The van der Waals surface area contributed by atoms with Crippen LogP contribution in [0.25, 0.3) is 0 Å². The van der Waals surface area contributed by atoms with Crippen molar-refractivity contribution < 1.29 is 23.9 Å². The van der Waals surface area contributed by atoms with E-state index in [1.54, 1.807) is 61.2 Å². The molecule has 0 N–H and O–H groups in total. The van der Waals surface area contributed by atoms with Crippen molar-refractivity contribution in [3.63, 3.8) is 0 Å². The third-order valence-corrected chi connectivity index (χ3v) is 7.18. The fraction of sp³-hybridized carbons (Fsp3) is 0.0968. The third-order valence-electron chi connectivity index (χ3n) is 6.17. The normalized spacial score (nSPS) is 13.2. The van der Waals surface area contributed by atoms with Crippen molar-refractivity contribution in [3.05, 3.63) is 125 Å². The second kappa shape index (κ2) is 10.9. The van der Waals surface area contributed by atoms with E-state index in [0.29, 0.717) is 17.7 Å². The van der Waals surface area contributed by atoms with Crippen LogP contribution in [-0.4, -0.2) is 29.7 Å². The Labute approximate surface area is 224 Å². The highest BCUT2D eigenvalue weighted by Gasteiger charge is 2.37. The standard InChI is InChI=1S/C31H23NO5S/c1-2-27(28(33)20-9-5-3-6-10-20)37-31(36)21-13-18-25-26(19-21)30(35)32(29(25)34)22-14-16-24(17-15-22)38-23-11-7-4-8-12-23/h3-19,27H,2H2,1H3. The van der Waals surface area contributed by atoms with Gasteiger partial charge in [-0.2, -0.15) is 0 Å². The molecule has 0 bridgehead atoms. The number of rotatable bonds is 8. The number of benzene rings is 4. The first-order valence-electron chi connectivity index (χ1n) is 12.1. The van der Waals surface area contributed by atoms with Gasteiger partial charge in [-0.1, -0.05) is 67.2 Å². The fourth-order valence-corrected chi connectivity index (χ4v) is 5.04. The predicted molar refractivity (Wildman–Crippen MR) is 145 cm³/mol. The zero-order valence-electron chi connectivity index (χ0n) is 20.5. The first-order chi connectivity index (χ1) is 18.5. The topological polar surface area (TPSA) is 80.8 Å². The van der Waals surface area contributed by atoms with Crippen LogP contribution in [0.5, 0.6) is 0 Å². The zero-order chi connectivity index (χ0) is 26.6. The fourth-order valence-electron chi connectivity index (χ4n) is 4.20. The lowest BCUT2D eigenvalue weighted by Crippen LogP contribution is -2.29. The van der Waals surface area contributed by atoms with Gasteiger partial charge in [0, 0.05) is 15.4 Å². The number of Topliss-reactive ketones (excluding diaryl/α,β-unsaturated/α-hetero) is 1. The van der Waals surface area contributed by atoms with Gasteiger partial charge in [-0.15, -0.1) is 0 Å². The second-order valence-corrected chi connectivity index (χ2v) is 9.79. The van der Waals surface area contributed by atoms with Gasteiger partial charge < -0.3 is 4.74 Å². The van der Waals surface area contributed by atoms with Crippen LogP contribution in [-0.2, 0) is 4.74 Å². The quantitative estimate of drug-likeness (QED) is 0.150. The summed E-state index contributed by atoms with van der Waals surface area (Å²) >= 11 is 1.58. The molecule has 1 heterocycles. The van der Waals surface area contributed by atoms with Gasteiger partial charge in [-0.3, -0.25) is 14.4 Å². The maximum absolute atomic E-state index is 13.2. The minimum Gasteiger partial charge on any atom is -0.450 e. The Balaban J connectivity index is 1.32. The number of hydrogen-bond acceptors (Lipinski definition) is 6. The Kier molecular flexibility index (Phi) is 7.20. The van der Waals surface area contributed by atoms with Crippen molar-refractivity contribution >= 4 is 41.0 Å². The molecule has 2 amide bonds. The molecule has 0 radical (unpaired) electrons. The molecular formula is C31H23NO5S. The zero-order valence-corrected chi connectivity index (χ0v) is 21.3. The number of imide groups is 1. The van der Waals surface area contributed by atoms with Gasteiger partial charge in [0.05, 0.1) is 22.4 Å². The maximum atomic E-state index is 13.2. The van der Waals surface area contributed by atoms with Crippen molar-refractivity contribution in [2.75, 3.05) is 4.90 Å². The Morgan fingerprint density at radius 1 is 0.737 bits per heavy atom. The lowest BCUT2D eigenvalue weighted by molar-refractivity contribution is 0.0277. The number of esters is 1. The summed E-state index contributed by atoms with van der Waals surface area (Å²) in [6.07, 6.45) is -0.659. The van der Waals surface area contributed by atoms with Crippen LogP contribution in [0.15, 0.2) is 113 Å². The van der Waals surface area contributed by atoms with Crippen LogP contribution in [0.3, 0.4) is 0 Å². The van der Waals surface area contributed by atoms with Crippen LogP contribution in [0.4, 0.5) is 5.69 Å². The summed E-state index contributed by atoms with van der Waals surface area (Å²) in [5, 5.41) is 0. The number of ether oxygens (including phenoxy) is 1. The Morgan fingerprint density at radius 3 is 2.00 bits per heavy atom. The van der Waals surface area contributed by atoms with Crippen LogP contribution < -0.4 is 4.90 Å². The van der Waals surface area contributed by atoms with Crippen LogP contribution >= 0.6 is 11.8 Å². The summed E-state index contributed by atoms with van der Waals surface area (Å²) < 4.78 is 5.50. The largest absolute Gasteiger partial charge is 0.450 e. The number of anilines is 1. The van der Waals surface area contributed by atoms with Gasteiger partial charge in [0.2, 0.25) is 5.78 Å². The highest BCUT2D eigenvalue weighted by Crippen LogP contribution is 2.33. The highest BCUT2D eigenvalue weighted by atomic mass is 32.2. The molecule has 7 heteroatoms. The number of ketones is 1. The van der Waals surface area contributed by atoms with E-state index in [0.717, 1.165) is 14.7 Å². The van der Waals surface area contributed by atoms with E-state index in [4.69, 9.17) is 4.74 Å². The molecule has 0 spiro atoms. The molecule has 6 nitrogen and oxygen atoms in total. The minimum absolute atomic E-state index is 0.0978. The molecule has 0 aromatic heterocycles. The molecule has 0 fully saturated rings. The summed E-state index contributed by atoms with van der Waals surface area (Å²) in [4.78, 5) is 55.1. The van der Waals surface area contributed by atoms with Crippen LogP contribution in [0.2, 0.25) is 0 Å². The number of fused-ring (bicyclic) bond motifs is 1. The molecule has 0 aliphatic carbocycles. The molecule has 0 saturated carbocycles. The molecule has 0 saturated heterocycles. The Morgan fingerprint density at radius 2 is 1.34 bits per heavy atom. The molecule has 188 valence electrons. The van der Waals surface area contributed by atoms with E-state index in [-0.39, 0.29) is 22.5 Å². The number of hydrogen-bond donors (Lipinski definition) is 0. The SMILES string of the molecule is CCC(OC(=O)c1ccc2c(c1)C(=O)N(c1ccc(Sc3ccccc3)cc1)C2=O)C(=O)c1ccccc1. The van der Waals surface area contributed by atoms with Crippen molar-refractivity contribution in [1.29, 1.82) is 0 Å². The van der Waals surface area contributed by atoms with Gasteiger partial charge in [-0.05, 0) is 61.0 Å². The first-order valence-corrected chi connectivity index (χ1v) is 12.9. The van der Waals surface area contributed by atoms with Gasteiger partial charge in [0.25, 0.3) is 11.8 Å². The average Bonchev–Trinajstić information content (AvgIpc) is 3.21. The lowest BCUT2D eigenvalue weighted by atomic mass is 10.0. The van der Waals surface area contributed by atoms with Crippen molar-refractivity contribution in [2.24, 2.45) is 0 Å². The number of carbonyl (C=O) groups is 4. The molecule has 5 rings (SSSR count). The summed E-state index contributed by atoms with van der Waals surface area (Å²) in [5.41, 5.74) is 1.32. The first kappa shape index (κ1) is 25.2. The number of amides is 2. The van der Waals surface area contributed by atoms with Crippen LogP contribution in [0, 0.1) is 0 Å². The Bertz CT molecular complexity index is 1520. The third kappa shape index (κ3) is 5.01. The highest BCUT2D eigenvalue weighted by molar-refractivity contribution is 7.99. The summed E-state index contributed by atoms with van der Waals surface area (Å²) in [5.74, 6) is -2.01. The van der Waals surface area contributed by atoms with Crippen molar-refractivity contribution in [1.82, 2.24) is 0 Å². The van der Waals surface area contributed by atoms with Crippen molar-refractivity contribution in [2.45, 2.75) is 29.2 Å². The summed E-state index contributed by atoms with van der Waals surface area (Å²) in [7, 11) is 0.